The molecule has 0 saturated heterocycles. The van der Waals surface area contributed by atoms with Crippen LogP contribution in [0.5, 0.6) is 0 Å². The minimum atomic E-state index is -0.327. The lowest BCUT2D eigenvalue weighted by atomic mass is 9.69. The predicted molar refractivity (Wildman–Crippen MR) is 126 cm³/mol. The van der Waals surface area contributed by atoms with E-state index in [0.717, 1.165) is 11.1 Å². The van der Waals surface area contributed by atoms with Crippen molar-refractivity contribution in [1.29, 1.82) is 0 Å². The summed E-state index contributed by atoms with van der Waals surface area (Å²) in [4.78, 5) is 12.1. The molecule has 1 aromatic carbocycles. The van der Waals surface area contributed by atoms with Crippen LogP contribution in [-0.2, 0) is 4.79 Å². The fourth-order valence-corrected chi connectivity index (χ4v) is 3.67. The molecule has 2 nitrogen and oxygen atoms in total. The summed E-state index contributed by atoms with van der Waals surface area (Å²) in [7, 11) is 0. The number of allylic oxidation sites excluding steroid dienone is 9. The van der Waals surface area contributed by atoms with E-state index >= 15 is 0 Å². The molecule has 1 aliphatic carbocycles. The largest absolute Gasteiger partial charge is 0.323 e. The van der Waals surface area contributed by atoms with Gasteiger partial charge in [0.05, 0.1) is 0 Å². The number of anilines is 1. The quantitative estimate of drug-likeness (QED) is 0.383. The van der Waals surface area contributed by atoms with E-state index in [-0.39, 0.29) is 17.1 Å². The molecule has 160 valence electrons. The maximum atomic E-state index is 12.9. The van der Waals surface area contributed by atoms with E-state index in [4.69, 9.17) is 0 Å². The fourth-order valence-electron chi connectivity index (χ4n) is 3.67. The van der Waals surface area contributed by atoms with Gasteiger partial charge >= 0.3 is 0 Å². The van der Waals surface area contributed by atoms with Gasteiger partial charge in [-0.25, -0.2) is 4.39 Å². The molecule has 0 aromatic heterocycles. The molecular weight excluding hydrogens is 373 g/mol. The van der Waals surface area contributed by atoms with Crippen LogP contribution in [0.25, 0.3) is 0 Å². The highest BCUT2D eigenvalue weighted by Gasteiger charge is 2.29. The minimum absolute atomic E-state index is 0.223. The van der Waals surface area contributed by atoms with E-state index in [1.165, 1.54) is 54.3 Å². The molecule has 0 fully saturated rings. The zero-order valence-electron chi connectivity index (χ0n) is 19.1. The van der Waals surface area contributed by atoms with Gasteiger partial charge in [0.25, 0.3) is 0 Å². The second kappa shape index (κ2) is 10.4. The number of carbonyl (C=O) groups excluding carboxylic acids is 1. The number of benzene rings is 1. The van der Waals surface area contributed by atoms with Crippen LogP contribution in [0.4, 0.5) is 10.1 Å². The molecule has 0 saturated carbocycles. The molecule has 1 amide bonds. The molecule has 0 heterocycles. The summed E-state index contributed by atoms with van der Waals surface area (Å²) in [6.07, 6.45) is 14.3. The molecule has 1 aliphatic rings. The molecule has 0 aliphatic heterocycles. The van der Waals surface area contributed by atoms with Gasteiger partial charge in [-0.3, -0.25) is 4.79 Å². The first-order valence-electron chi connectivity index (χ1n) is 10.6. The first-order chi connectivity index (χ1) is 14.1. The van der Waals surface area contributed by atoms with Crippen LogP contribution >= 0.6 is 0 Å². The molecule has 30 heavy (non-hydrogen) atoms. The Morgan fingerprint density at radius 3 is 2.47 bits per heavy atom. The summed E-state index contributed by atoms with van der Waals surface area (Å²) in [6, 6.07) is 5.71. The van der Waals surface area contributed by atoms with E-state index in [9.17, 15) is 9.18 Å². The number of carbonyl (C=O) groups is 1. The van der Waals surface area contributed by atoms with Gasteiger partial charge in [-0.1, -0.05) is 62.3 Å². The SMILES string of the molecule is CC1=C(/C=C/C(C)=C/C=C/C(C)=C/C(=O)Nc2ccc(F)cc2)C(C)(C)CCC1C. The summed E-state index contributed by atoms with van der Waals surface area (Å²) >= 11 is 0. The average Bonchev–Trinajstić information content (AvgIpc) is 2.66. The van der Waals surface area contributed by atoms with Crippen molar-refractivity contribution in [3.05, 3.63) is 88.8 Å². The summed E-state index contributed by atoms with van der Waals surface area (Å²) in [6.45, 7) is 13.2. The summed E-state index contributed by atoms with van der Waals surface area (Å²) in [5.41, 5.74) is 5.73. The highest BCUT2D eigenvalue weighted by atomic mass is 19.1. The van der Waals surface area contributed by atoms with Gasteiger partial charge in [0, 0.05) is 11.8 Å². The lowest BCUT2D eigenvalue weighted by Gasteiger charge is -2.36. The zero-order valence-corrected chi connectivity index (χ0v) is 19.1. The number of rotatable bonds is 6. The first-order valence-corrected chi connectivity index (χ1v) is 10.6. The highest BCUT2D eigenvalue weighted by Crippen LogP contribution is 2.43. The second-order valence-electron chi connectivity index (χ2n) is 8.91. The van der Waals surface area contributed by atoms with Gasteiger partial charge in [0.15, 0.2) is 0 Å². The van der Waals surface area contributed by atoms with Gasteiger partial charge in [0.2, 0.25) is 5.91 Å². The molecule has 1 aromatic rings. The van der Waals surface area contributed by atoms with Crippen LogP contribution in [-0.4, -0.2) is 5.91 Å². The Kier molecular flexibility index (Phi) is 8.16. The van der Waals surface area contributed by atoms with Crippen molar-refractivity contribution in [2.75, 3.05) is 5.32 Å². The Morgan fingerprint density at radius 1 is 1.13 bits per heavy atom. The van der Waals surface area contributed by atoms with Crippen LogP contribution < -0.4 is 5.32 Å². The number of halogens is 1. The lowest BCUT2D eigenvalue weighted by Crippen LogP contribution is -2.23. The van der Waals surface area contributed by atoms with E-state index in [1.54, 1.807) is 0 Å². The highest BCUT2D eigenvalue weighted by molar-refractivity contribution is 5.99. The molecular formula is C27H34FNO. The zero-order chi connectivity index (χ0) is 22.3. The van der Waals surface area contributed by atoms with Crippen molar-refractivity contribution >= 4 is 11.6 Å². The predicted octanol–water partition coefficient (Wildman–Crippen LogP) is 7.54. The number of amides is 1. The van der Waals surface area contributed by atoms with Crippen molar-refractivity contribution in [2.45, 2.75) is 54.4 Å². The number of hydrogen-bond donors (Lipinski definition) is 1. The van der Waals surface area contributed by atoms with Crippen LogP contribution in [0.1, 0.15) is 54.4 Å². The van der Waals surface area contributed by atoms with Crippen molar-refractivity contribution in [3.8, 4) is 0 Å². The monoisotopic (exact) mass is 407 g/mol. The van der Waals surface area contributed by atoms with Crippen LogP contribution in [0.2, 0.25) is 0 Å². The molecule has 2 rings (SSSR count). The topological polar surface area (TPSA) is 29.1 Å². The third-order valence-electron chi connectivity index (χ3n) is 5.80. The third-order valence-corrected chi connectivity index (χ3v) is 5.80. The van der Waals surface area contributed by atoms with Gasteiger partial charge < -0.3 is 5.32 Å². The normalized spacial score (nSPS) is 20.3. The molecule has 0 spiro atoms. The maximum Gasteiger partial charge on any atom is 0.248 e. The molecule has 0 radical (unpaired) electrons. The van der Waals surface area contributed by atoms with Gasteiger partial charge in [0.1, 0.15) is 5.82 Å². The molecule has 1 unspecified atom stereocenters. The molecule has 1 atom stereocenters. The van der Waals surface area contributed by atoms with Crippen molar-refractivity contribution in [2.24, 2.45) is 11.3 Å². The first kappa shape index (κ1) is 23.6. The van der Waals surface area contributed by atoms with E-state index in [1.807, 2.05) is 25.2 Å². The van der Waals surface area contributed by atoms with Crippen molar-refractivity contribution < 1.29 is 9.18 Å². The van der Waals surface area contributed by atoms with Crippen LogP contribution in [0.15, 0.2) is 83.0 Å². The number of nitrogens with one attached hydrogen (secondary N) is 1. The van der Waals surface area contributed by atoms with Gasteiger partial charge in [-0.15, -0.1) is 0 Å². The Morgan fingerprint density at radius 2 is 1.80 bits per heavy atom. The number of hydrogen-bond acceptors (Lipinski definition) is 1. The van der Waals surface area contributed by atoms with Crippen molar-refractivity contribution in [1.82, 2.24) is 0 Å². The lowest BCUT2D eigenvalue weighted by molar-refractivity contribution is -0.111. The van der Waals surface area contributed by atoms with E-state index in [0.29, 0.717) is 11.6 Å². The Labute approximate surface area is 181 Å². The summed E-state index contributed by atoms with van der Waals surface area (Å²) < 4.78 is 12.9. The summed E-state index contributed by atoms with van der Waals surface area (Å²) in [5, 5.41) is 2.72. The minimum Gasteiger partial charge on any atom is -0.323 e. The third kappa shape index (κ3) is 6.98. The van der Waals surface area contributed by atoms with E-state index < -0.39 is 0 Å². The van der Waals surface area contributed by atoms with Gasteiger partial charge in [-0.2, -0.15) is 0 Å². The van der Waals surface area contributed by atoms with Crippen LogP contribution in [0, 0.1) is 17.2 Å². The maximum absolute atomic E-state index is 12.9. The van der Waals surface area contributed by atoms with E-state index in [2.05, 4.69) is 52.1 Å². The standard InChI is InChI=1S/C27H34FNO/c1-19(10-15-25-22(4)21(3)16-17-27(25,5)6)8-7-9-20(2)18-26(30)29-24-13-11-23(28)12-14-24/h7-15,18,21H,16-17H2,1-6H3,(H,29,30)/b9-7+,15-10+,19-8+,20-18+. The average molecular weight is 408 g/mol. The smallest absolute Gasteiger partial charge is 0.248 e. The Hall–Kier alpha value is -2.68. The van der Waals surface area contributed by atoms with Gasteiger partial charge in [-0.05, 0) is 80.4 Å². The van der Waals surface area contributed by atoms with Crippen LogP contribution in [0.3, 0.4) is 0 Å². The molecule has 3 heteroatoms. The fraction of sp³-hybridized carbons (Fsp3) is 0.370. The Balaban J connectivity index is 1.99. The summed E-state index contributed by atoms with van der Waals surface area (Å²) in [5.74, 6) is 0.0861. The molecule has 0 bridgehead atoms. The Bertz CT molecular complexity index is 911. The van der Waals surface area contributed by atoms with Crippen molar-refractivity contribution in [3.63, 3.8) is 0 Å². The second-order valence-corrected chi connectivity index (χ2v) is 8.91. The molecule has 1 N–H and O–H groups in total.